The van der Waals surface area contributed by atoms with Gasteiger partial charge >= 0.3 is 0 Å². The highest BCUT2D eigenvalue weighted by Crippen LogP contribution is 2.26. The Morgan fingerprint density at radius 2 is 2.06 bits per heavy atom. The molecule has 1 aliphatic rings. The summed E-state index contributed by atoms with van der Waals surface area (Å²) in [6.45, 7) is 3.85. The Hall–Kier alpha value is -0.770. The van der Waals surface area contributed by atoms with Crippen LogP contribution in [0, 0.1) is 0 Å². The van der Waals surface area contributed by atoms with Gasteiger partial charge in [-0.3, -0.25) is 4.90 Å². The predicted octanol–water partition coefficient (Wildman–Crippen LogP) is 2.31. The van der Waals surface area contributed by atoms with Crippen molar-refractivity contribution in [3.63, 3.8) is 0 Å². The summed E-state index contributed by atoms with van der Waals surface area (Å²) >= 11 is 5.99. The molecule has 0 unspecified atom stereocenters. The van der Waals surface area contributed by atoms with Crippen LogP contribution in [0.3, 0.4) is 0 Å². The van der Waals surface area contributed by atoms with E-state index in [1.165, 1.54) is 25.9 Å². The van der Waals surface area contributed by atoms with Crippen LogP contribution in [0.5, 0.6) is 5.75 Å². The summed E-state index contributed by atoms with van der Waals surface area (Å²) < 4.78 is 5.68. The number of ether oxygens (including phenoxy) is 1. The Morgan fingerprint density at radius 1 is 1.29 bits per heavy atom. The highest BCUT2D eigenvalue weighted by atomic mass is 35.5. The summed E-state index contributed by atoms with van der Waals surface area (Å²) in [6.07, 6.45) is 2.58. The summed E-state index contributed by atoms with van der Waals surface area (Å²) in [5, 5.41) is 9.80. The molecule has 1 aliphatic heterocycles. The quantitative estimate of drug-likeness (QED) is 0.877. The van der Waals surface area contributed by atoms with Crippen LogP contribution in [-0.4, -0.2) is 36.2 Å². The molecule has 1 fully saturated rings. The van der Waals surface area contributed by atoms with Gasteiger partial charge in [-0.15, -0.1) is 0 Å². The molecule has 17 heavy (non-hydrogen) atoms. The van der Waals surface area contributed by atoms with E-state index in [0.717, 1.165) is 6.54 Å². The first kappa shape index (κ1) is 12.7. The average molecular weight is 256 g/mol. The van der Waals surface area contributed by atoms with E-state index in [0.29, 0.717) is 22.9 Å². The number of benzene rings is 1. The molecule has 4 heteroatoms. The Labute approximate surface area is 107 Å². The van der Waals surface area contributed by atoms with Crippen LogP contribution in [0.1, 0.15) is 18.4 Å². The van der Waals surface area contributed by atoms with E-state index in [1.807, 2.05) is 12.1 Å². The van der Waals surface area contributed by atoms with E-state index in [-0.39, 0.29) is 6.61 Å². The summed E-state index contributed by atoms with van der Waals surface area (Å²) in [5.41, 5.74) is 0.676. The molecule has 0 saturated carbocycles. The monoisotopic (exact) mass is 255 g/mol. The molecule has 1 heterocycles. The third-order valence-electron chi connectivity index (χ3n) is 3.10. The Kier molecular flexibility index (Phi) is 4.66. The second kappa shape index (κ2) is 6.24. The Balaban J connectivity index is 1.87. The van der Waals surface area contributed by atoms with Crippen molar-refractivity contribution in [2.24, 2.45) is 0 Å². The molecule has 0 spiro atoms. The standard InChI is InChI=1S/C13H18ClNO2/c14-12-4-3-5-13(11(12)10-16)17-9-8-15-6-1-2-7-15/h3-5,16H,1-2,6-10H2. The van der Waals surface area contributed by atoms with Crippen LogP contribution in [0.2, 0.25) is 5.02 Å². The third-order valence-corrected chi connectivity index (χ3v) is 3.45. The maximum Gasteiger partial charge on any atom is 0.126 e. The minimum atomic E-state index is -0.0846. The molecular formula is C13H18ClNO2. The SMILES string of the molecule is OCc1c(Cl)cccc1OCCN1CCCC1. The van der Waals surface area contributed by atoms with Gasteiger partial charge < -0.3 is 9.84 Å². The molecule has 2 rings (SSSR count). The van der Waals surface area contributed by atoms with Gasteiger partial charge in [0.05, 0.1) is 6.61 Å². The number of aliphatic hydroxyl groups is 1. The molecule has 1 aromatic carbocycles. The van der Waals surface area contributed by atoms with Crippen LogP contribution in [0.25, 0.3) is 0 Å². The number of halogens is 1. The fraction of sp³-hybridized carbons (Fsp3) is 0.538. The molecule has 94 valence electrons. The lowest BCUT2D eigenvalue weighted by Gasteiger charge is -2.16. The number of likely N-dealkylation sites (tertiary alicyclic amines) is 1. The van der Waals surface area contributed by atoms with E-state index < -0.39 is 0 Å². The Bertz CT molecular complexity index is 364. The molecule has 0 radical (unpaired) electrons. The number of hydrogen-bond donors (Lipinski definition) is 1. The first-order valence-corrected chi connectivity index (χ1v) is 6.42. The van der Waals surface area contributed by atoms with Crippen molar-refractivity contribution in [1.29, 1.82) is 0 Å². The normalized spacial score (nSPS) is 16.4. The maximum atomic E-state index is 9.24. The molecule has 1 aromatic rings. The number of nitrogens with zero attached hydrogens (tertiary/aromatic N) is 1. The Morgan fingerprint density at radius 3 is 2.76 bits per heavy atom. The van der Waals surface area contributed by atoms with E-state index in [2.05, 4.69) is 4.90 Å². The lowest BCUT2D eigenvalue weighted by atomic mass is 10.2. The van der Waals surface area contributed by atoms with Crippen molar-refractivity contribution in [1.82, 2.24) is 4.90 Å². The second-order valence-electron chi connectivity index (χ2n) is 4.27. The summed E-state index contributed by atoms with van der Waals surface area (Å²) in [6, 6.07) is 5.45. The highest BCUT2D eigenvalue weighted by Gasteiger charge is 2.12. The van der Waals surface area contributed by atoms with Crippen molar-refractivity contribution in [3.05, 3.63) is 28.8 Å². The van der Waals surface area contributed by atoms with Gasteiger partial charge in [0.2, 0.25) is 0 Å². The lowest BCUT2D eigenvalue weighted by molar-refractivity contribution is 0.227. The van der Waals surface area contributed by atoms with E-state index in [9.17, 15) is 5.11 Å². The van der Waals surface area contributed by atoms with E-state index >= 15 is 0 Å². The highest BCUT2D eigenvalue weighted by molar-refractivity contribution is 6.31. The summed E-state index contributed by atoms with van der Waals surface area (Å²) in [7, 11) is 0. The molecule has 0 bridgehead atoms. The molecule has 3 nitrogen and oxygen atoms in total. The minimum absolute atomic E-state index is 0.0846. The smallest absolute Gasteiger partial charge is 0.126 e. The van der Waals surface area contributed by atoms with Crippen molar-refractivity contribution in [3.8, 4) is 5.75 Å². The van der Waals surface area contributed by atoms with Gasteiger partial charge in [0.25, 0.3) is 0 Å². The second-order valence-corrected chi connectivity index (χ2v) is 4.68. The zero-order chi connectivity index (χ0) is 12.1. The van der Waals surface area contributed by atoms with Crippen LogP contribution in [-0.2, 0) is 6.61 Å². The van der Waals surface area contributed by atoms with Gasteiger partial charge in [-0.25, -0.2) is 0 Å². The molecule has 0 atom stereocenters. The van der Waals surface area contributed by atoms with Crippen molar-refractivity contribution >= 4 is 11.6 Å². The molecule has 0 aliphatic carbocycles. The number of hydrogen-bond acceptors (Lipinski definition) is 3. The van der Waals surface area contributed by atoms with Gasteiger partial charge in [0.15, 0.2) is 0 Å². The largest absolute Gasteiger partial charge is 0.492 e. The molecule has 1 saturated heterocycles. The van der Waals surface area contributed by atoms with Gasteiger partial charge in [-0.2, -0.15) is 0 Å². The number of rotatable bonds is 5. The molecule has 1 N–H and O–H groups in total. The van der Waals surface area contributed by atoms with Crippen molar-refractivity contribution in [2.45, 2.75) is 19.4 Å². The summed E-state index contributed by atoms with van der Waals surface area (Å²) in [4.78, 5) is 2.39. The molecule has 0 aromatic heterocycles. The van der Waals surface area contributed by atoms with Gasteiger partial charge in [0.1, 0.15) is 12.4 Å². The topological polar surface area (TPSA) is 32.7 Å². The average Bonchev–Trinajstić information content (AvgIpc) is 2.82. The van der Waals surface area contributed by atoms with Crippen LogP contribution in [0.4, 0.5) is 0 Å². The molecule has 0 amide bonds. The van der Waals surface area contributed by atoms with Gasteiger partial charge in [0, 0.05) is 17.1 Å². The first-order valence-electron chi connectivity index (χ1n) is 6.04. The zero-order valence-electron chi connectivity index (χ0n) is 9.86. The van der Waals surface area contributed by atoms with Crippen molar-refractivity contribution < 1.29 is 9.84 Å². The fourth-order valence-corrected chi connectivity index (χ4v) is 2.34. The molecular weight excluding hydrogens is 238 g/mol. The van der Waals surface area contributed by atoms with Gasteiger partial charge in [-0.05, 0) is 38.1 Å². The van der Waals surface area contributed by atoms with Crippen LogP contribution in [0.15, 0.2) is 18.2 Å². The fourth-order valence-electron chi connectivity index (χ4n) is 2.12. The first-order chi connectivity index (χ1) is 8.31. The number of aliphatic hydroxyl groups excluding tert-OH is 1. The summed E-state index contributed by atoms with van der Waals surface area (Å²) in [5.74, 6) is 0.694. The maximum absolute atomic E-state index is 9.24. The van der Waals surface area contributed by atoms with Crippen molar-refractivity contribution in [2.75, 3.05) is 26.2 Å². The lowest BCUT2D eigenvalue weighted by Crippen LogP contribution is -2.25. The van der Waals surface area contributed by atoms with Crippen LogP contribution < -0.4 is 4.74 Å². The van der Waals surface area contributed by atoms with Gasteiger partial charge in [-0.1, -0.05) is 17.7 Å². The minimum Gasteiger partial charge on any atom is -0.492 e. The van der Waals surface area contributed by atoms with Crippen LogP contribution >= 0.6 is 11.6 Å². The predicted molar refractivity (Wildman–Crippen MR) is 68.5 cm³/mol. The van der Waals surface area contributed by atoms with E-state index in [1.54, 1.807) is 6.07 Å². The third kappa shape index (κ3) is 3.35. The zero-order valence-corrected chi connectivity index (χ0v) is 10.6. The van der Waals surface area contributed by atoms with E-state index in [4.69, 9.17) is 16.3 Å².